The second-order valence-electron chi connectivity index (χ2n) is 8.85. The predicted octanol–water partition coefficient (Wildman–Crippen LogP) is 1.16. The van der Waals surface area contributed by atoms with Crippen LogP contribution in [0.1, 0.15) is 20.3 Å². The molecule has 1 aromatic carbocycles. The molecule has 12 nitrogen and oxygen atoms in total. The summed E-state index contributed by atoms with van der Waals surface area (Å²) in [5.74, 6) is -3.34. The molecule has 0 spiro atoms. The number of hydrogen-bond donors (Lipinski definition) is 3. The molecular weight excluding hydrogens is 491 g/mol. The highest BCUT2D eigenvalue weighted by Gasteiger charge is 2.46. The number of amides is 4. The molecule has 37 heavy (non-hydrogen) atoms. The van der Waals surface area contributed by atoms with Crippen molar-refractivity contribution in [3.05, 3.63) is 36.2 Å². The maximum Gasteiger partial charge on any atom is 0.330 e. The van der Waals surface area contributed by atoms with E-state index < -0.39 is 35.2 Å². The Labute approximate surface area is 213 Å². The summed E-state index contributed by atoms with van der Waals surface area (Å²) in [6.07, 6.45) is 1.74. The summed E-state index contributed by atoms with van der Waals surface area (Å²) in [4.78, 5) is 60.8. The Morgan fingerprint density at radius 1 is 1.05 bits per heavy atom. The zero-order valence-electron chi connectivity index (χ0n) is 20.9. The third-order valence-corrected chi connectivity index (χ3v) is 5.89. The van der Waals surface area contributed by atoms with Crippen LogP contribution in [-0.2, 0) is 19.2 Å². The van der Waals surface area contributed by atoms with Crippen LogP contribution in [-0.4, -0.2) is 96.2 Å². The lowest BCUT2D eigenvalue weighted by Gasteiger charge is -2.37. The molecule has 0 aliphatic carbocycles. The van der Waals surface area contributed by atoms with Gasteiger partial charge < -0.3 is 19.8 Å². The van der Waals surface area contributed by atoms with E-state index in [1.807, 2.05) is 0 Å². The largest absolute Gasteiger partial charge is 0.494 e. The number of anilines is 1. The number of carboxylic acids is 2. The van der Waals surface area contributed by atoms with Gasteiger partial charge in [0.2, 0.25) is 11.8 Å². The number of nitrogens with zero attached hydrogens (tertiary/aromatic N) is 3. The molecule has 0 atom stereocenters. The number of benzene rings is 1. The van der Waals surface area contributed by atoms with Crippen LogP contribution in [0.3, 0.4) is 0 Å². The van der Waals surface area contributed by atoms with Gasteiger partial charge in [0.05, 0.1) is 12.8 Å². The van der Waals surface area contributed by atoms with Crippen molar-refractivity contribution in [2.45, 2.75) is 20.3 Å². The predicted molar refractivity (Wildman–Crippen MR) is 130 cm³/mol. The Bertz CT molecular complexity index is 1050. The molecule has 202 valence electrons. The molecule has 0 radical (unpaired) electrons. The highest BCUT2D eigenvalue weighted by Crippen LogP contribution is 2.29. The molecule has 2 saturated heterocycles. The molecular formula is C24H31FN4O8. The first-order chi connectivity index (χ1) is 17.4. The first-order valence-electron chi connectivity index (χ1n) is 11.5. The highest BCUT2D eigenvalue weighted by molar-refractivity contribution is 6.18. The minimum Gasteiger partial charge on any atom is -0.494 e. The zero-order valence-corrected chi connectivity index (χ0v) is 20.9. The lowest BCUT2D eigenvalue weighted by Crippen LogP contribution is -2.62. The number of hydrogen-bond acceptors (Lipinski definition) is 8. The maximum absolute atomic E-state index is 13.4. The first-order valence-corrected chi connectivity index (χ1v) is 11.5. The van der Waals surface area contributed by atoms with E-state index in [0.717, 1.165) is 43.3 Å². The number of aliphatic carboxylic acids is 2. The summed E-state index contributed by atoms with van der Waals surface area (Å²) in [5.41, 5.74) is -0.357. The van der Waals surface area contributed by atoms with E-state index in [4.69, 9.17) is 14.9 Å². The summed E-state index contributed by atoms with van der Waals surface area (Å²) in [5, 5.41) is 17.9. The third-order valence-electron chi connectivity index (χ3n) is 5.89. The van der Waals surface area contributed by atoms with Crippen molar-refractivity contribution in [1.29, 1.82) is 0 Å². The first kappa shape index (κ1) is 29.2. The van der Waals surface area contributed by atoms with Crippen LogP contribution >= 0.6 is 0 Å². The van der Waals surface area contributed by atoms with Crippen molar-refractivity contribution in [2.75, 3.05) is 51.3 Å². The number of nitrogens with one attached hydrogen (secondary N) is 1. The van der Waals surface area contributed by atoms with Crippen LogP contribution in [0.15, 0.2) is 30.4 Å². The monoisotopic (exact) mass is 522 g/mol. The number of imide groups is 2. The second kappa shape index (κ2) is 12.8. The van der Waals surface area contributed by atoms with Crippen LogP contribution in [0.5, 0.6) is 5.75 Å². The van der Waals surface area contributed by atoms with Gasteiger partial charge in [0.25, 0.3) is 0 Å². The number of carbonyl (C=O) groups excluding carboxylic acids is 3. The molecule has 2 heterocycles. The fourth-order valence-electron chi connectivity index (χ4n) is 3.77. The number of carboxylic acid groups (broad SMARTS) is 2. The quantitative estimate of drug-likeness (QED) is 0.334. The summed E-state index contributed by atoms with van der Waals surface area (Å²) in [7, 11) is 1.53. The van der Waals surface area contributed by atoms with Crippen LogP contribution in [0.4, 0.5) is 14.9 Å². The highest BCUT2D eigenvalue weighted by atomic mass is 19.1. The SMILES string of the molecule is COc1cc(F)ccc1N1CCN(CCCN2C(=O)NC(=O)C(C)(C)C2=O)CC1.O=C(O)/C=C/C(=O)O. The fraction of sp³-hybridized carbons (Fsp3) is 0.458. The van der Waals surface area contributed by atoms with E-state index in [1.54, 1.807) is 6.07 Å². The Morgan fingerprint density at radius 2 is 1.65 bits per heavy atom. The number of ether oxygens (including phenoxy) is 1. The van der Waals surface area contributed by atoms with Crippen LogP contribution in [0.25, 0.3) is 0 Å². The van der Waals surface area contributed by atoms with Crippen LogP contribution in [0, 0.1) is 11.2 Å². The average Bonchev–Trinajstić information content (AvgIpc) is 2.84. The average molecular weight is 523 g/mol. The normalized spacial score (nSPS) is 17.8. The van der Waals surface area contributed by atoms with Crippen molar-refractivity contribution >= 4 is 35.5 Å². The van der Waals surface area contributed by atoms with E-state index >= 15 is 0 Å². The molecule has 0 aromatic heterocycles. The van der Waals surface area contributed by atoms with Gasteiger partial charge in [-0.25, -0.2) is 18.8 Å². The molecule has 3 rings (SSSR count). The molecule has 2 fully saturated rings. The number of halogens is 1. The lowest BCUT2D eigenvalue weighted by molar-refractivity contribution is -0.149. The van der Waals surface area contributed by atoms with Gasteiger partial charge in [-0.05, 0) is 38.9 Å². The Balaban J connectivity index is 0.000000521. The van der Waals surface area contributed by atoms with Crippen LogP contribution < -0.4 is 15.0 Å². The summed E-state index contributed by atoms with van der Waals surface area (Å²) >= 11 is 0. The molecule has 0 bridgehead atoms. The smallest absolute Gasteiger partial charge is 0.330 e. The number of carbonyl (C=O) groups is 5. The van der Waals surface area contributed by atoms with Crippen molar-refractivity contribution in [3.63, 3.8) is 0 Å². The molecule has 2 aliphatic heterocycles. The fourth-order valence-corrected chi connectivity index (χ4v) is 3.77. The summed E-state index contributed by atoms with van der Waals surface area (Å²) < 4.78 is 18.7. The molecule has 2 aliphatic rings. The Kier molecular flexibility index (Phi) is 10.1. The van der Waals surface area contributed by atoms with Gasteiger partial charge in [-0.1, -0.05) is 0 Å². The van der Waals surface area contributed by atoms with Crippen molar-refractivity contribution in [2.24, 2.45) is 5.41 Å². The van der Waals surface area contributed by atoms with E-state index in [0.29, 0.717) is 24.3 Å². The molecule has 0 unspecified atom stereocenters. The Morgan fingerprint density at radius 3 is 2.19 bits per heavy atom. The number of rotatable bonds is 8. The van der Waals surface area contributed by atoms with Gasteiger partial charge in [0, 0.05) is 50.9 Å². The van der Waals surface area contributed by atoms with Gasteiger partial charge in [0.15, 0.2) is 0 Å². The van der Waals surface area contributed by atoms with Gasteiger partial charge in [-0.2, -0.15) is 0 Å². The van der Waals surface area contributed by atoms with E-state index in [9.17, 15) is 28.4 Å². The lowest BCUT2D eigenvalue weighted by atomic mass is 9.89. The van der Waals surface area contributed by atoms with E-state index in [2.05, 4.69) is 15.1 Å². The molecule has 1 aromatic rings. The van der Waals surface area contributed by atoms with Gasteiger partial charge in [0.1, 0.15) is 17.0 Å². The topological polar surface area (TPSA) is 157 Å². The second-order valence-corrected chi connectivity index (χ2v) is 8.85. The maximum atomic E-state index is 13.4. The van der Waals surface area contributed by atoms with E-state index in [-0.39, 0.29) is 12.4 Å². The summed E-state index contributed by atoms with van der Waals surface area (Å²) in [6.45, 7) is 7.21. The molecule has 0 saturated carbocycles. The van der Waals surface area contributed by atoms with E-state index in [1.165, 1.54) is 33.1 Å². The number of urea groups is 1. The number of barbiturate groups is 1. The molecule has 13 heteroatoms. The minimum atomic E-state index is -1.26. The number of methoxy groups -OCH3 is 1. The summed E-state index contributed by atoms with van der Waals surface area (Å²) in [6, 6.07) is 3.90. The molecule has 4 amide bonds. The van der Waals surface area contributed by atoms with Gasteiger partial charge in [-0.3, -0.25) is 24.7 Å². The van der Waals surface area contributed by atoms with Crippen molar-refractivity contribution in [1.82, 2.24) is 15.1 Å². The van der Waals surface area contributed by atoms with Crippen LogP contribution in [0.2, 0.25) is 0 Å². The minimum absolute atomic E-state index is 0.271. The van der Waals surface area contributed by atoms with Gasteiger partial charge in [-0.15, -0.1) is 0 Å². The van der Waals surface area contributed by atoms with Gasteiger partial charge >= 0.3 is 18.0 Å². The molecule has 3 N–H and O–H groups in total. The third kappa shape index (κ3) is 8.00. The zero-order chi connectivity index (χ0) is 27.8. The van der Waals surface area contributed by atoms with Crippen molar-refractivity contribution in [3.8, 4) is 5.75 Å². The standard InChI is InChI=1S/C20H27FN4O4.C4H4O4/c1-20(2)17(26)22-19(28)25(18(20)27)8-4-7-23-9-11-24(12-10-23)15-6-5-14(21)13-16(15)29-3;5-3(6)1-2-4(7)8/h5-6,13H,4,7-12H2,1-3H3,(H,22,26,28);1-2H,(H,5,6)(H,7,8)/b;2-1+. The number of piperazine rings is 1. The Hall–Kier alpha value is -4.00. The van der Waals surface area contributed by atoms with Crippen molar-refractivity contribution < 1.29 is 43.3 Å².